The van der Waals surface area contributed by atoms with Gasteiger partial charge in [0.05, 0.1) is 5.82 Å². The largest absolute Gasteiger partial charge is 0.137 e. The van der Waals surface area contributed by atoms with Gasteiger partial charge in [-0.2, -0.15) is 0 Å². The van der Waals surface area contributed by atoms with Gasteiger partial charge in [0.15, 0.2) is 0 Å². The molecule has 168 valence electrons. The van der Waals surface area contributed by atoms with Gasteiger partial charge in [0.2, 0.25) is 0 Å². The molecule has 0 saturated heterocycles. The third-order valence-electron chi connectivity index (χ3n) is 6.94. The van der Waals surface area contributed by atoms with Crippen molar-refractivity contribution < 1.29 is 0 Å². The van der Waals surface area contributed by atoms with E-state index in [1.807, 2.05) is 0 Å². The van der Waals surface area contributed by atoms with E-state index in [0.29, 0.717) is 0 Å². The Hall–Kier alpha value is -2.69. The zero-order chi connectivity index (χ0) is 23.3. The molecule has 0 fully saturated rings. The molecule has 0 atom stereocenters. The van der Waals surface area contributed by atoms with Gasteiger partial charge >= 0.3 is 0 Å². The number of hydrogen-bond donors (Lipinski definition) is 0. The highest BCUT2D eigenvalue weighted by Gasteiger charge is 2.43. The quantitative estimate of drug-likeness (QED) is 0.263. The van der Waals surface area contributed by atoms with Crippen LogP contribution in [0.3, 0.4) is 0 Å². The summed E-state index contributed by atoms with van der Waals surface area (Å²) in [7, 11) is -1.96. The molecule has 0 saturated carbocycles. The molecule has 0 aliphatic heterocycles. The number of benzene rings is 3. The summed E-state index contributed by atoms with van der Waals surface area (Å²) in [5.74, 6) is 2.56. The summed E-state index contributed by atoms with van der Waals surface area (Å²) in [6, 6.07) is 33.2. The molecule has 4 rings (SSSR count). The Balaban J connectivity index is 1.89. The first kappa shape index (κ1) is 23.5. The fraction of sp³-hybridized carbons (Fsp3) is 0.250. The minimum Gasteiger partial charge on any atom is -0.0696 e. The van der Waals surface area contributed by atoms with Crippen LogP contribution in [0.15, 0.2) is 126 Å². The maximum atomic E-state index is 2.56. The normalized spacial score (nSPS) is 16.9. The third kappa shape index (κ3) is 4.97. The van der Waals surface area contributed by atoms with Crippen molar-refractivity contribution in [1.82, 2.24) is 0 Å². The topological polar surface area (TPSA) is 0 Å². The lowest BCUT2D eigenvalue weighted by molar-refractivity contribution is 0.377. The van der Waals surface area contributed by atoms with Crippen LogP contribution in [-0.4, -0.2) is 0 Å². The van der Waals surface area contributed by atoms with Crippen molar-refractivity contribution >= 4 is 23.2 Å². The zero-order valence-electron chi connectivity index (χ0n) is 20.5. The molecule has 1 aliphatic rings. The average Bonchev–Trinajstić information content (AvgIpc) is 2.83. The second-order valence-electron chi connectivity index (χ2n) is 9.87. The van der Waals surface area contributed by atoms with E-state index in [1.54, 1.807) is 5.57 Å². The van der Waals surface area contributed by atoms with E-state index in [2.05, 4.69) is 137 Å². The molecule has 0 heterocycles. The summed E-state index contributed by atoms with van der Waals surface area (Å²) in [6.45, 7) is 9.37. The molecule has 1 aliphatic carbocycles. The molecule has 0 aromatic heterocycles. The van der Waals surface area contributed by atoms with E-state index in [4.69, 9.17) is 0 Å². The second kappa shape index (κ2) is 10.1. The Morgan fingerprint density at radius 3 is 1.64 bits per heavy atom. The van der Waals surface area contributed by atoms with Crippen molar-refractivity contribution in [3.8, 4) is 0 Å². The van der Waals surface area contributed by atoms with E-state index in [0.717, 1.165) is 0 Å². The van der Waals surface area contributed by atoms with Crippen LogP contribution < -0.4 is 15.9 Å². The highest BCUT2D eigenvalue weighted by molar-refractivity contribution is 7.98. The van der Waals surface area contributed by atoms with Crippen LogP contribution in [-0.2, 0) is 0 Å². The van der Waals surface area contributed by atoms with Gasteiger partial charge in [0, 0.05) is 0 Å². The Kier molecular flexibility index (Phi) is 7.16. The summed E-state index contributed by atoms with van der Waals surface area (Å²) in [6.07, 6.45) is 8.55. The molecule has 1 heteroatoms. The standard InChI is InChI=1S/C32H36P/c1-26(22-23-31-27(2)15-14-24-32(31,3)4)25-33(28-16-8-5-9-17-28,29-18-10-6-11-19-29)30-20-12-7-13-21-30/h5-13,16-23,25H,14-15,24H2,1-4H3/q+1/b23-22+,26-25+. The monoisotopic (exact) mass is 451 g/mol. The van der Waals surface area contributed by atoms with E-state index in [1.165, 1.54) is 46.3 Å². The maximum Gasteiger partial charge on any atom is 0.137 e. The summed E-state index contributed by atoms with van der Waals surface area (Å²) < 4.78 is 0. The molecule has 33 heavy (non-hydrogen) atoms. The summed E-state index contributed by atoms with van der Waals surface area (Å²) in [5.41, 5.74) is 4.64. The van der Waals surface area contributed by atoms with Crippen LogP contribution in [0, 0.1) is 5.41 Å². The lowest BCUT2D eigenvalue weighted by Crippen LogP contribution is -2.29. The Labute approximate surface area is 201 Å². The van der Waals surface area contributed by atoms with E-state index in [9.17, 15) is 0 Å². The van der Waals surface area contributed by atoms with Crippen LogP contribution in [0.1, 0.15) is 47.0 Å². The van der Waals surface area contributed by atoms with Crippen LogP contribution in [0.2, 0.25) is 0 Å². The first-order valence-electron chi connectivity index (χ1n) is 12.1. The van der Waals surface area contributed by atoms with Gasteiger partial charge < -0.3 is 0 Å². The fourth-order valence-corrected chi connectivity index (χ4v) is 9.20. The first-order valence-corrected chi connectivity index (χ1v) is 13.9. The van der Waals surface area contributed by atoms with Crippen molar-refractivity contribution in [2.24, 2.45) is 5.41 Å². The molecule has 0 unspecified atom stereocenters. The molecular formula is C32H36P+. The van der Waals surface area contributed by atoms with Gasteiger partial charge in [-0.15, -0.1) is 0 Å². The van der Waals surface area contributed by atoms with Crippen LogP contribution in [0.25, 0.3) is 0 Å². The van der Waals surface area contributed by atoms with Gasteiger partial charge in [0.1, 0.15) is 23.2 Å². The van der Waals surface area contributed by atoms with Crippen LogP contribution in [0.5, 0.6) is 0 Å². The van der Waals surface area contributed by atoms with Gasteiger partial charge in [-0.25, -0.2) is 0 Å². The smallest absolute Gasteiger partial charge is 0.0696 e. The van der Waals surface area contributed by atoms with Gasteiger partial charge in [-0.1, -0.05) is 86.2 Å². The molecule has 0 bridgehead atoms. The summed E-state index contributed by atoms with van der Waals surface area (Å²) in [5, 5.41) is 4.18. The molecule has 0 spiro atoms. The second-order valence-corrected chi connectivity index (χ2v) is 13.1. The first-order chi connectivity index (χ1) is 15.9. The minimum atomic E-state index is -1.96. The lowest BCUT2D eigenvalue weighted by atomic mass is 9.72. The predicted molar refractivity (Wildman–Crippen MR) is 148 cm³/mol. The predicted octanol–water partition coefficient (Wildman–Crippen LogP) is 7.97. The SMILES string of the molecule is CC1=C(/C=C/C(C)=C/[P+](c2ccccc2)(c2ccccc2)c2ccccc2)C(C)(C)CCC1. The van der Waals surface area contributed by atoms with E-state index < -0.39 is 7.26 Å². The summed E-state index contributed by atoms with van der Waals surface area (Å²) in [4.78, 5) is 0. The number of allylic oxidation sites excluding steroid dienone is 5. The van der Waals surface area contributed by atoms with Crippen molar-refractivity contribution in [1.29, 1.82) is 0 Å². The van der Waals surface area contributed by atoms with Crippen molar-refractivity contribution in [3.05, 3.63) is 126 Å². The van der Waals surface area contributed by atoms with Crippen molar-refractivity contribution in [2.75, 3.05) is 0 Å². The van der Waals surface area contributed by atoms with Crippen molar-refractivity contribution in [3.63, 3.8) is 0 Å². The van der Waals surface area contributed by atoms with Crippen molar-refractivity contribution in [2.45, 2.75) is 47.0 Å². The highest BCUT2D eigenvalue weighted by atomic mass is 31.2. The third-order valence-corrected chi connectivity index (χ3v) is 11.1. The van der Waals surface area contributed by atoms with Gasteiger partial charge in [0.25, 0.3) is 0 Å². The number of rotatable bonds is 6. The Morgan fingerprint density at radius 2 is 1.21 bits per heavy atom. The maximum absolute atomic E-state index is 2.56. The molecule has 0 nitrogen and oxygen atoms in total. The number of hydrogen-bond acceptors (Lipinski definition) is 0. The van der Waals surface area contributed by atoms with Gasteiger partial charge in [-0.3, -0.25) is 0 Å². The molecule has 3 aromatic rings. The van der Waals surface area contributed by atoms with E-state index in [-0.39, 0.29) is 5.41 Å². The molecule has 0 N–H and O–H groups in total. The molecule has 3 aromatic carbocycles. The lowest BCUT2D eigenvalue weighted by Gasteiger charge is -2.33. The summed E-state index contributed by atoms with van der Waals surface area (Å²) >= 11 is 0. The van der Waals surface area contributed by atoms with E-state index >= 15 is 0 Å². The van der Waals surface area contributed by atoms with Crippen LogP contribution in [0.4, 0.5) is 0 Å². The Bertz CT molecular complexity index is 1050. The molecular weight excluding hydrogens is 415 g/mol. The molecule has 0 radical (unpaired) electrons. The van der Waals surface area contributed by atoms with Gasteiger partial charge in [-0.05, 0) is 86.1 Å². The Morgan fingerprint density at radius 1 is 0.758 bits per heavy atom. The van der Waals surface area contributed by atoms with Crippen LogP contribution >= 0.6 is 7.26 Å². The average molecular weight is 452 g/mol. The minimum absolute atomic E-state index is 0.254. The fourth-order valence-electron chi connectivity index (χ4n) is 5.23. The zero-order valence-corrected chi connectivity index (χ0v) is 21.4. The highest BCUT2D eigenvalue weighted by Crippen LogP contribution is 2.57. The molecule has 0 amide bonds.